The van der Waals surface area contributed by atoms with Gasteiger partial charge in [0.1, 0.15) is 11.5 Å². The number of carbonyl (C=O) groups is 1. The van der Waals surface area contributed by atoms with Gasteiger partial charge < -0.3 is 20.5 Å². The molecule has 0 bridgehead atoms. The lowest BCUT2D eigenvalue weighted by Gasteiger charge is -2.22. The molecule has 0 aliphatic carbocycles. The third kappa shape index (κ3) is 4.13. The summed E-state index contributed by atoms with van der Waals surface area (Å²) in [5.74, 6) is 0.958. The zero-order valence-corrected chi connectivity index (χ0v) is 11.9. The second kappa shape index (κ2) is 6.43. The van der Waals surface area contributed by atoms with Crippen molar-refractivity contribution in [2.45, 2.75) is 13.8 Å². The smallest absolute Gasteiger partial charge is 0.255 e. The van der Waals surface area contributed by atoms with Crippen molar-refractivity contribution in [3.8, 4) is 11.5 Å². The summed E-state index contributed by atoms with van der Waals surface area (Å²) < 4.78 is 10.3. The van der Waals surface area contributed by atoms with E-state index in [1.165, 1.54) is 7.11 Å². The molecular weight excluding hydrogens is 244 g/mol. The Labute approximate surface area is 114 Å². The Morgan fingerprint density at radius 2 is 2.00 bits per heavy atom. The number of carbonyl (C=O) groups excluding carboxylic acids is 1. The zero-order valence-electron chi connectivity index (χ0n) is 11.9. The number of ether oxygens (including phenoxy) is 2. The van der Waals surface area contributed by atoms with Crippen LogP contribution in [0.1, 0.15) is 24.2 Å². The normalized spacial score (nSPS) is 11.0. The molecule has 3 N–H and O–H groups in total. The van der Waals surface area contributed by atoms with Gasteiger partial charge in [0.15, 0.2) is 0 Å². The van der Waals surface area contributed by atoms with Crippen LogP contribution in [-0.4, -0.2) is 33.2 Å². The molecule has 1 rings (SSSR count). The van der Waals surface area contributed by atoms with Crippen molar-refractivity contribution >= 4 is 5.91 Å². The molecule has 0 heterocycles. The Morgan fingerprint density at radius 3 is 2.53 bits per heavy atom. The first-order chi connectivity index (χ1) is 8.93. The van der Waals surface area contributed by atoms with Gasteiger partial charge in [-0.15, -0.1) is 0 Å². The highest BCUT2D eigenvalue weighted by Gasteiger charge is 2.19. The SMILES string of the molecule is COc1ccc(C(=O)NCC(C)(C)CN)c(OC)c1. The van der Waals surface area contributed by atoms with E-state index in [2.05, 4.69) is 5.32 Å². The van der Waals surface area contributed by atoms with Crippen LogP contribution < -0.4 is 20.5 Å². The molecular formula is C14H22N2O3. The molecule has 5 nitrogen and oxygen atoms in total. The maximum atomic E-state index is 12.1. The predicted octanol–water partition coefficient (Wildman–Crippen LogP) is 1.42. The van der Waals surface area contributed by atoms with Crippen molar-refractivity contribution in [3.05, 3.63) is 23.8 Å². The van der Waals surface area contributed by atoms with Gasteiger partial charge in [0.05, 0.1) is 19.8 Å². The number of amides is 1. The summed E-state index contributed by atoms with van der Waals surface area (Å²) in [5, 5.41) is 2.86. The molecule has 0 aromatic heterocycles. The summed E-state index contributed by atoms with van der Waals surface area (Å²) in [6.45, 7) is 5.02. The van der Waals surface area contributed by atoms with Gasteiger partial charge in [-0.2, -0.15) is 0 Å². The van der Waals surface area contributed by atoms with E-state index in [1.54, 1.807) is 25.3 Å². The molecule has 0 unspecified atom stereocenters. The Kier molecular flexibility index (Phi) is 5.18. The number of methoxy groups -OCH3 is 2. The molecule has 1 aromatic rings. The minimum absolute atomic E-state index is 0.130. The highest BCUT2D eigenvalue weighted by molar-refractivity contribution is 5.97. The molecule has 19 heavy (non-hydrogen) atoms. The summed E-state index contributed by atoms with van der Waals surface area (Å²) in [4.78, 5) is 12.1. The van der Waals surface area contributed by atoms with Crippen LogP contribution in [0.4, 0.5) is 0 Å². The lowest BCUT2D eigenvalue weighted by Crippen LogP contribution is -2.38. The van der Waals surface area contributed by atoms with Crippen LogP contribution in [0.15, 0.2) is 18.2 Å². The summed E-state index contributed by atoms with van der Waals surface area (Å²) in [5.41, 5.74) is 5.99. The molecule has 5 heteroatoms. The number of hydrogen-bond acceptors (Lipinski definition) is 4. The molecule has 0 fully saturated rings. The topological polar surface area (TPSA) is 73.6 Å². The van der Waals surface area contributed by atoms with Gasteiger partial charge in [-0.25, -0.2) is 0 Å². The number of rotatable bonds is 6. The molecule has 0 radical (unpaired) electrons. The van der Waals surface area contributed by atoms with Crippen LogP contribution in [0.5, 0.6) is 11.5 Å². The van der Waals surface area contributed by atoms with Gasteiger partial charge >= 0.3 is 0 Å². The minimum Gasteiger partial charge on any atom is -0.497 e. The van der Waals surface area contributed by atoms with E-state index in [4.69, 9.17) is 15.2 Å². The first-order valence-corrected chi connectivity index (χ1v) is 6.14. The molecule has 0 aliphatic heterocycles. The van der Waals surface area contributed by atoms with E-state index in [0.717, 1.165) is 0 Å². The number of benzene rings is 1. The van der Waals surface area contributed by atoms with Gasteiger partial charge in [-0.05, 0) is 24.1 Å². The average Bonchev–Trinajstić information content (AvgIpc) is 2.44. The zero-order chi connectivity index (χ0) is 14.5. The van der Waals surface area contributed by atoms with Crippen molar-refractivity contribution in [1.29, 1.82) is 0 Å². The molecule has 0 atom stereocenters. The Bertz CT molecular complexity index is 444. The van der Waals surface area contributed by atoms with Crippen LogP contribution in [0.2, 0.25) is 0 Å². The van der Waals surface area contributed by atoms with E-state index in [-0.39, 0.29) is 11.3 Å². The summed E-state index contributed by atoms with van der Waals surface area (Å²) in [6.07, 6.45) is 0. The Hall–Kier alpha value is -1.75. The lowest BCUT2D eigenvalue weighted by molar-refractivity contribution is 0.0935. The number of nitrogens with one attached hydrogen (secondary N) is 1. The van der Waals surface area contributed by atoms with E-state index in [1.807, 2.05) is 13.8 Å². The third-order valence-electron chi connectivity index (χ3n) is 2.93. The van der Waals surface area contributed by atoms with Crippen LogP contribution >= 0.6 is 0 Å². The monoisotopic (exact) mass is 266 g/mol. The molecule has 0 saturated carbocycles. The second-order valence-electron chi connectivity index (χ2n) is 5.12. The maximum absolute atomic E-state index is 12.1. The fraction of sp³-hybridized carbons (Fsp3) is 0.500. The number of nitrogens with two attached hydrogens (primary N) is 1. The predicted molar refractivity (Wildman–Crippen MR) is 74.7 cm³/mol. The number of hydrogen-bond donors (Lipinski definition) is 2. The molecule has 0 spiro atoms. The van der Waals surface area contributed by atoms with Crippen LogP contribution in [-0.2, 0) is 0 Å². The van der Waals surface area contributed by atoms with Gasteiger partial charge in [0.2, 0.25) is 0 Å². The largest absolute Gasteiger partial charge is 0.497 e. The Balaban J connectivity index is 2.82. The Morgan fingerprint density at radius 1 is 1.32 bits per heavy atom. The van der Waals surface area contributed by atoms with Crippen molar-refractivity contribution in [3.63, 3.8) is 0 Å². The molecule has 1 amide bonds. The van der Waals surface area contributed by atoms with E-state index < -0.39 is 0 Å². The quantitative estimate of drug-likeness (QED) is 0.816. The van der Waals surface area contributed by atoms with Crippen molar-refractivity contribution in [2.24, 2.45) is 11.1 Å². The molecule has 0 saturated heterocycles. The van der Waals surface area contributed by atoms with Crippen molar-refractivity contribution < 1.29 is 14.3 Å². The van der Waals surface area contributed by atoms with Crippen LogP contribution in [0.25, 0.3) is 0 Å². The summed E-state index contributed by atoms with van der Waals surface area (Å²) in [6, 6.07) is 5.09. The highest BCUT2D eigenvalue weighted by Crippen LogP contribution is 2.24. The van der Waals surface area contributed by atoms with Crippen molar-refractivity contribution in [1.82, 2.24) is 5.32 Å². The van der Waals surface area contributed by atoms with Gasteiger partial charge in [0.25, 0.3) is 5.91 Å². The lowest BCUT2D eigenvalue weighted by atomic mass is 9.94. The van der Waals surface area contributed by atoms with Gasteiger partial charge in [-0.3, -0.25) is 4.79 Å². The van der Waals surface area contributed by atoms with Gasteiger partial charge in [0, 0.05) is 12.6 Å². The summed E-state index contributed by atoms with van der Waals surface area (Å²) >= 11 is 0. The third-order valence-corrected chi connectivity index (χ3v) is 2.93. The first-order valence-electron chi connectivity index (χ1n) is 6.14. The molecule has 106 valence electrons. The highest BCUT2D eigenvalue weighted by atomic mass is 16.5. The van der Waals surface area contributed by atoms with Crippen LogP contribution in [0.3, 0.4) is 0 Å². The van der Waals surface area contributed by atoms with Gasteiger partial charge in [-0.1, -0.05) is 13.8 Å². The second-order valence-corrected chi connectivity index (χ2v) is 5.12. The van der Waals surface area contributed by atoms with Crippen molar-refractivity contribution in [2.75, 3.05) is 27.3 Å². The average molecular weight is 266 g/mol. The molecule has 1 aromatic carbocycles. The molecule has 0 aliphatic rings. The van der Waals surface area contributed by atoms with E-state index >= 15 is 0 Å². The van der Waals surface area contributed by atoms with E-state index in [0.29, 0.717) is 30.2 Å². The maximum Gasteiger partial charge on any atom is 0.255 e. The summed E-state index contributed by atoms with van der Waals surface area (Å²) in [7, 11) is 3.09. The first kappa shape index (κ1) is 15.3. The minimum atomic E-state index is -0.180. The van der Waals surface area contributed by atoms with Crippen LogP contribution in [0, 0.1) is 5.41 Å². The van der Waals surface area contributed by atoms with E-state index in [9.17, 15) is 4.79 Å². The standard InChI is InChI=1S/C14H22N2O3/c1-14(2,8-15)9-16-13(17)11-6-5-10(18-3)7-12(11)19-4/h5-7H,8-9,15H2,1-4H3,(H,16,17). The fourth-order valence-electron chi connectivity index (χ4n) is 1.47. The fourth-order valence-corrected chi connectivity index (χ4v) is 1.47.